The number of nitrogens with one attached hydrogen (secondary N) is 1. The van der Waals surface area contributed by atoms with Crippen molar-refractivity contribution in [1.82, 2.24) is 15.3 Å². The van der Waals surface area contributed by atoms with Crippen molar-refractivity contribution in [2.75, 3.05) is 6.54 Å². The molecule has 3 N–H and O–H groups in total. The molecule has 0 saturated heterocycles. The minimum absolute atomic E-state index is 0. The van der Waals surface area contributed by atoms with E-state index in [1.165, 1.54) is 0 Å². The molecular weight excluding hydrogens is 240 g/mol. The third-order valence-corrected chi connectivity index (χ3v) is 2.39. The molecule has 0 radical (unpaired) electrons. The molecule has 5 nitrogen and oxygen atoms in total. The first kappa shape index (κ1) is 15.8. The van der Waals surface area contributed by atoms with E-state index in [2.05, 4.69) is 15.3 Å². The van der Waals surface area contributed by atoms with E-state index in [0.717, 1.165) is 5.69 Å². The number of carbonyl (C=O) groups is 1. The van der Waals surface area contributed by atoms with Crippen LogP contribution < -0.4 is 11.1 Å². The predicted molar refractivity (Wildman–Crippen MR) is 68.7 cm³/mol. The Balaban J connectivity index is 0.00000256. The lowest BCUT2D eigenvalue weighted by Gasteiger charge is -2.21. The van der Waals surface area contributed by atoms with Crippen molar-refractivity contribution in [3.63, 3.8) is 0 Å². The summed E-state index contributed by atoms with van der Waals surface area (Å²) in [7, 11) is 0. The Bertz CT molecular complexity index is 381. The third kappa shape index (κ3) is 4.66. The van der Waals surface area contributed by atoms with E-state index in [-0.39, 0.29) is 18.3 Å². The number of aromatic nitrogens is 2. The molecular formula is C11H19ClN4O. The van der Waals surface area contributed by atoms with Crippen LogP contribution >= 0.6 is 12.4 Å². The van der Waals surface area contributed by atoms with E-state index >= 15 is 0 Å². The second-order valence-electron chi connectivity index (χ2n) is 4.37. The summed E-state index contributed by atoms with van der Waals surface area (Å²) in [4.78, 5) is 19.9. The average Bonchev–Trinajstić information content (AvgIpc) is 2.26. The van der Waals surface area contributed by atoms with Crippen molar-refractivity contribution in [3.05, 3.63) is 23.8 Å². The van der Waals surface area contributed by atoms with Gasteiger partial charge in [-0.2, -0.15) is 0 Å². The zero-order chi connectivity index (χ0) is 12.2. The fraction of sp³-hybridized carbons (Fsp3) is 0.545. The standard InChI is InChI=1S/C11H18N4O.ClH/c1-8-13-5-4-9(15-8)6-14-10(16)11(2,3)7-12;/h4-5H,6-7,12H2,1-3H3,(H,14,16);1H. The van der Waals surface area contributed by atoms with Gasteiger partial charge in [-0.3, -0.25) is 4.79 Å². The van der Waals surface area contributed by atoms with E-state index in [1.807, 2.05) is 20.8 Å². The molecule has 0 atom stereocenters. The first-order valence-electron chi connectivity index (χ1n) is 5.22. The minimum Gasteiger partial charge on any atom is -0.350 e. The fourth-order valence-corrected chi connectivity index (χ4v) is 1.11. The Hall–Kier alpha value is -1.20. The molecule has 1 amide bonds. The summed E-state index contributed by atoms with van der Waals surface area (Å²) in [6, 6.07) is 1.78. The molecule has 0 bridgehead atoms. The SMILES string of the molecule is Cc1nccc(CNC(=O)C(C)(C)CN)n1.Cl. The molecule has 0 unspecified atom stereocenters. The topological polar surface area (TPSA) is 80.9 Å². The maximum atomic E-state index is 11.7. The molecule has 1 heterocycles. The molecule has 6 heteroatoms. The molecule has 0 spiro atoms. The summed E-state index contributed by atoms with van der Waals surface area (Å²) >= 11 is 0. The summed E-state index contributed by atoms with van der Waals surface area (Å²) in [5.41, 5.74) is 5.77. The van der Waals surface area contributed by atoms with Crippen LogP contribution in [0.5, 0.6) is 0 Å². The predicted octanol–water partition coefficient (Wildman–Crippen LogP) is 0.808. The van der Waals surface area contributed by atoms with E-state index in [0.29, 0.717) is 18.9 Å². The van der Waals surface area contributed by atoms with E-state index in [1.54, 1.807) is 12.3 Å². The van der Waals surface area contributed by atoms with Gasteiger partial charge in [0.1, 0.15) is 5.82 Å². The van der Waals surface area contributed by atoms with Crippen molar-refractivity contribution in [1.29, 1.82) is 0 Å². The second-order valence-corrected chi connectivity index (χ2v) is 4.37. The van der Waals surface area contributed by atoms with Gasteiger partial charge in [0.25, 0.3) is 0 Å². The van der Waals surface area contributed by atoms with Gasteiger partial charge in [0.05, 0.1) is 17.7 Å². The number of aryl methyl sites for hydroxylation is 1. The summed E-state index contributed by atoms with van der Waals surface area (Å²) < 4.78 is 0. The average molecular weight is 259 g/mol. The maximum Gasteiger partial charge on any atom is 0.227 e. The quantitative estimate of drug-likeness (QED) is 0.837. The summed E-state index contributed by atoms with van der Waals surface area (Å²) in [6.45, 7) is 6.17. The zero-order valence-electron chi connectivity index (χ0n) is 10.4. The summed E-state index contributed by atoms with van der Waals surface area (Å²) in [5.74, 6) is 0.635. The highest BCUT2D eigenvalue weighted by molar-refractivity contribution is 5.85. The molecule has 0 aliphatic carbocycles. The van der Waals surface area contributed by atoms with Gasteiger partial charge in [-0.1, -0.05) is 0 Å². The molecule has 0 aliphatic rings. The number of nitrogens with two attached hydrogens (primary N) is 1. The van der Waals surface area contributed by atoms with Gasteiger partial charge in [-0.25, -0.2) is 9.97 Å². The normalized spacial score (nSPS) is 10.6. The Morgan fingerprint density at radius 3 is 2.71 bits per heavy atom. The van der Waals surface area contributed by atoms with Crippen LogP contribution in [0.4, 0.5) is 0 Å². The number of halogens is 1. The molecule has 0 aromatic carbocycles. The minimum atomic E-state index is -0.540. The van der Waals surface area contributed by atoms with Crippen LogP contribution in [0.3, 0.4) is 0 Å². The van der Waals surface area contributed by atoms with Crippen molar-refractivity contribution in [3.8, 4) is 0 Å². The third-order valence-electron chi connectivity index (χ3n) is 2.39. The van der Waals surface area contributed by atoms with E-state index in [9.17, 15) is 4.79 Å². The fourth-order valence-electron chi connectivity index (χ4n) is 1.11. The lowest BCUT2D eigenvalue weighted by molar-refractivity contribution is -0.129. The van der Waals surface area contributed by atoms with E-state index in [4.69, 9.17) is 5.73 Å². The largest absolute Gasteiger partial charge is 0.350 e. The van der Waals surface area contributed by atoms with Crippen molar-refractivity contribution in [2.24, 2.45) is 11.1 Å². The molecule has 0 saturated carbocycles. The molecule has 17 heavy (non-hydrogen) atoms. The molecule has 96 valence electrons. The zero-order valence-corrected chi connectivity index (χ0v) is 11.2. The van der Waals surface area contributed by atoms with Crippen LogP contribution in [0.25, 0.3) is 0 Å². The number of carbonyl (C=O) groups excluding carboxylic acids is 1. The number of hydrogen-bond donors (Lipinski definition) is 2. The van der Waals surface area contributed by atoms with Crippen LogP contribution in [-0.4, -0.2) is 22.4 Å². The van der Waals surface area contributed by atoms with Gasteiger partial charge in [0.15, 0.2) is 0 Å². The van der Waals surface area contributed by atoms with Crippen LogP contribution in [0.1, 0.15) is 25.4 Å². The lowest BCUT2D eigenvalue weighted by atomic mass is 9.93. The second kappa shape index (κ2) is 6.51. The van der Waals surface area contributed by atoms with Crippen LogP contribution in [0.2, 0.25) is 0 Å². The number of amides is 1. The van der Waals surface area contributed by atoms with Gasteiger partial charge in [-0.15, -0.1) is 12.4 Å². The van der Waals surface area contributed by atoms with Crippen LogP contribution in [0, 0.1) is 12.3 Å². The first-order valence-corrected chi connectivity index (χ1v) is 5.22. The monoisotopic (exact) mass is 258 g/mol. The number of nitrogens with zero attached hydrogens (tertiary/aromatic N) is 2. The van der Waals surface area contributed by atoms with Gasteiger partial charge < -0.3 is 11.1 Å². The van der Waals surface area contributed by atoms with Crippen LogP contribution in [0.15, 0.2) is 12.3 Å². The highest BCUT2D eigenvalue weighted by atomic mass is 35.5. The highest BCUT2D eigenvalue weighted by Gasteiger charge is 2.25. The maximum absolute atomic E-state index is 11.7. The molecule has 0 fully saturated rings. The van der Waals surface area contributed by atoms with Gasteiger partial charge >= 0.3 is 0 Å². The Kier molecular flexibility index (Phi) is 6.05. The Labute approximate surface area is 108 Å². The molecule has 0 aliphatic heterocycles. The van der Waals surface area contributed by atoms with Crippen molar-refractivity contribution in [2.45, 2.75) is 27.3 Å². The summed E-state index contributed by atoms with van der Waals surface area (Å²) in [6.07, 6.45) is 1.68. The summed E-state index contributed by atoms with van der Waals surface area (Å²) in [5, 5.41) is 2.81. The molecule has 1 rings (SSSR count). The molecule has 1 aromatic heterocycles. The molecule has 1 aromatic rings. The Morgan fingerprint density at radius 2 is 2.18 bits per heavy atom. The van der Waals surface area contributed by atoms with Gasteiger partial charge in [-0.05, 0) is 26.8 Å². The smallest absolute Gasteiger partial charge is 0.227 e. The number of rotatable bonds is 4. The van der Waals surface area contributed by atoms with Crippen LogP contribution in [-0.2, 0) is 11.3 Å². The van der Waals surface area contributed by atoms with Crippen molar-refractivity contribution >= 4 is 18.3 Å². The highest BCUT2D eigenvalue weighted by Crippen LogP contribution is 2.12. The number of hydrogen-bond acceptors (Lipinski definition) is 4. The Morgan fingerprint density at radius 1 is 1.53 bits per heavy atom. The van der Waals surface area contributed by atoms with Gasteiger partial charge in [0, 0.05) is 12.7 Å². The first-order chi connectivity index (χ1) is 7.45. The lowest BCUT2D eigenvalue weighted by Crippen LogP contribution is -2.41. The van der Waals surface area contributed by atoms with Crippen molar-refractivity contribution < 1.29 is 4.79 Å². The van der Waals surface area contributed by atoms with Gasteiger partial charge in [0.2, 0.25) is 5.91 Å². The van der Waals surface area contributed by atoms with E-state index < -0.39 is 5.41 Å².